The summed E-state index contributed by atoms with van der Waals surface area (Å²) in [4.78, 5) is 23.2. The lowest BCUT2D eigenvalue weighted by Crippen LogP contribution is -2.22. The average molecular weight is 431 g/mol. The fraction of sp³-hybridized carbons (Fsp3) is 0. The summed E-state index contributed by atoms with van der Waals surface area (Å²) in [6.45, 7) is 0. The first kappa shape index (κ1) is 16.4. The van der Waals surface area contributed by atoms with Gasteiger partial charge in [-0.05, 0) is 36.4 Å². The maximum atomic E-state index is 13.3. The van der Waals surface area contributed by atoms with E-state index in [1.807, 2.05) is 0 Å². The molecule has 22 heavy (non-hydrogen) atoms. The van der Waals surface area contributed by atoms with E-state index in [1.165, 1.54) is 6.07 Å². The molecular formula is C14H10Br2FN3O2. The van der Waals surface area contributed by atoms with Crippen molar-refractivity contribution in [1.82, 2.24) is 0 Å². The van der Waals surface area contributed by atoms with E-state index in [9.17, 15) is 14.0 Å². The SMILES string of the molecule is NC(=O)c1ccc(F)cc1NC(=O)Nc1cc(Br)cc(Br)c1. The molecule has 2 aromatic carbocycles. The van der Waals surface area contributed by atoms with Crippen LogP contribution >= 0.6 is 31.9 Å². The van der Waals surface area contributed by atoms with Crippen LogP contribution in [0.4, 0.5) is 20.6 Å². The fourth-order valence-electron chi connectivity index (χ4n) is 1.75. The van der Waals surface area contributed by atoms with E-state index in [0.717, 1.165) is 21.1 Å². The van der Waals surface area contributed by atoms with Crippen LogP contribution in [0, 0.1) is 5.82 Å². The summed E-state index contributed by atoms with van der Waals surface area (Å²) >= 11 is 6.59. The van der Waals surface area contributed by atoms with Gasteiger partial charge in [-0.1, -0.05) is 31.9 Å². The second-order valence-corrected chi connectivity index (χ2v) is 6.12. The third kappa shape index (κ3) is 4.28. The predicted molar refractivity (Wildman–Crippen MR) is 89.4 cm³/mol. The van der Waals surface area contributed by atoms with E-state index < -0.39 is 17.8 Å². The topological polar surface area (TPSA) is 84.2 Å². The monoisotopic (exact) mass is 429 g/mol. The number of primary amides is 1. The van der Waals surface area contributed by atoms with Gasteiger partial charge in [0.05, 0.1) is 11.3 Å². The Morgan fingerprint density at radius 3 is 2.23 bits per heavy atom. The van der Waals surface area contributed by atoms with Crippen molar-refractivity contribution in [3.8, 4) is 0 Å². The van der Waals surface area contributed by atoms with Gasteiger partial charge in [-0.25, -0.2) is 9.18 Å². The zero-order valence-electron chi connectivity index (χ0n) is 11.0. The number of carbonyl (C=O) groups is 2. The standard InChI is InChI=1S/C14H10Br2FN3O2/c15-7-3-8(16)5-10(4-7)19-14(22)20-12-6-9(17)1-2-11(12)13(18)21/h1-6H,(H2,18,21)(H2,19,20,22). The van der Waals surface area contributed by atoms with Crippen molar-refractivity contribution in [2.75, 3.05) is 10.6 Å². The Morgan fingerprint density at radius 2 is 1.64 bits per heavy atom. The predicted octanol–water partition coefficient (Wildman–Crippen LogP) is 4.09. The van der Waals surface area contributed by atoms with Crippen molar-refractivity contribution in [2.24, 2.45) is 5.73 Å². The normalized spacial score (nSPS) is 10.1. The molecule has 0 aromatic heterocycles. The highest BCUT2D eigenvalue weighted by atomic mass is 79.9. The van der Waals surface area contributed by atoms with E-state index in [-0.39, 0.29) is 11.3 Å². The summed E-state index contributed by atoms with van der Waals surface area (Å²) in [5.74, 6) is -1.36. The molecular weight excluding hydrogens is 421 g/mol. The Balaban J connectivity index is 2.18. The highest BCUT2D eigenvalue weighted by molar-refractivity contribution is 9.11. The van der Waals surface area contributed by atoms with E-state index >= 15 is 0 Å². The third-order valence-electron chi connectivity index (χ3n) is 2.62. The molecule has 0 spiro atoms. The van der Waals surface area contributed by atoms with Gasteiger partial charge >= 0.3 is 6.03 Å². The summed E-state index contributed by atoms with van der Waals surface area (Å²) in [6.07, 6.45) is 0. The van der Waals surface area contributed by atoms with Crippen LogP contribution in [0.3, 0.4) is 0 Å². The number of hydrogen-bond acceptors (Lipinski definition) is 2. The van der Waals surface area contributed by atoms with Gasteiger partial charge in [-0.15, -0.1) is 0 Å². The second kappa shape index (κ2) is 6.89. The molecule has 0 saturated heterocycles. The Labute approximate surface area is 142 Å². The summed E-state index contributed by atoms with van der Waals surface area (Å²) in [6, 6.07) is 7.88. The zero-order chi connectivity index (χ0) is 16.3. The van der Waals surface area contributed by atoms with Crippen molar-refractivity contribution in [3.63, 3.8) is 0 Å². The maximum absolute atomic E-state index is 13.3. The number of anilines is 2. The number of halogens is 3. The quantitative estimate of drug-likeness (QED) is 0.684. The summed E-state index contributed by atoms with van der Waals surface area (Å²) in [5, 5.41) is 4.97. The number of rotatable bonds is 3. The number of hydrogen-bond donors (Lipinski definition) is 3. The fourth-order valence-corrected chi connectivity index (χ4v) is 3.04. The zero-order valence-corrected chi connectivity index (χ0v) is 14.2. The molecule has 0 unspecified atom stereocenters. The second-order valence-electron chi connectivity index (χ2n) is 4.29. The van der Waals surface area contributed by atoms with Crippen molar-refractivity contribution < 1.29 is 14.0 Å². The van der Waals surface area contributed by atoms with Crippen LogP contribution in [-0.4, -0.2) is 11.9 Å². The van der Waals surface area contributed by atoms with E-state index in [2.05, 4.69) is 42.5 Å². The van der Waals surface area contributed by atoms with Gasteiger partial charge in [0.1, 0.15) is 5.82 Å². The smallest absolute Gasteiger partial charge is 0.323 e. The Hall–Kier alpha value is -1.93. The molecule has 2 rings (SSSR count). The van der Waals surface area contributed by atoms with Crippen molar-refractivity contribution in [3.05, 3.63) is 56.7 Å². The molecule has 4 N–H and O–H groups in total. The maximum Gasteiger partial charge on any atom is 0.323 e. The Kier molecular flexibility index (Phi) is 5.15. The minimum absolute atomic E-state index is 0.000868. The first-order valence-corrected chi connectivity index (χ1v) is 7.57. The van der Waals surface area contributed by atoms with E-state index in [1.54, 1.807) is 18.2 Å². The van der Waals surface area contributed by atoms with Crippen molar-refractivity contribution in [2.45, 2.75) is 0 Å². The van der Waals surface area contributed by atoms with Gasteiger partial charge in [-0.3, -0.25) is 4.79 Å². The van der Waals surface area contributed by atoms with Crippen molar-refractivity contribution in [1.29, 1.82) is 0 Å². The molecule has 0 saturated carbocycles. The summed E-state index contributed by atoms with van der Waals surface area (Å²) in [5.41, 5.74) is 5.72. The molecule has 0 atom stereocenters. The van der Waals surface area contributed by atoms with Gasteiger partial charge < -0.3 is 16.4 Å². The molecule has 2 aromatic rings. The van der Waals surface area contributed by atoms with Gasteiger partial charge in [0.25, 0.3) is 5.91 Å². The Bertz CT molecular complexity index is 733. The molecule has 0 fully saturated rings. The molecule has 8 heteroatoms. The van der Waals surface area contributed by atoms with Crippen LogP contribution in [-0.2, 0) is 0 Å². The molecule has 0 aliphatic heterocycles. The number of urea groups is 1. The number of nitrogens with two attached hydrogens (primary N) is 1. The largest absolute Gasteiger partial charge is 0.366 e. The average Bonchev–Trinajstić information content (AvgIpc) is 2.36. The highest BCUT2D eigenvalue weighted by Crippen LogP contribution is 2.24. The minimum atomic E-state index is -0.763. The molecule has 5 nitrogen and oxygen atoms in total. The lowest BCUT2D eigenvalue weighted by Gasteiger charge is -2.11. The first-order valence-electron chi connectivity index (χ1n) is 5.98. The van der Waals surface area contributed by atoms with Crippen LogP contribution in [0.25, 0.3) is 0 Å². The number of nitrogens with one attached hydrogen (secondary N) is 2. The van der Waals surface area contributed by atoms with E-state index in [4.69, 9.17) is 5.73 Å². The van der Waals surface area contributed by atoms with Crippen LogP contribution in [0.5, 0.6) is 0 Å². The molecule has 0 aliphatic carbocycles. The van der Waals surface area contributed by atoms with Gasteiger partial charge in [-0.2, -0.15) is 0 Å². The van der Waals surface area contributed by atoms with Crippen LogP contribution < -0.4 is 16.4 Å². The highest BCUT2D eigenvalue weighted by Gasteiger charge is 2.12. The van der Waals surface area contributed by atoms with Crippen LogP contribution in [0.15, 0.2) is 45.3 Å². The van der Waals surface area contributed by atoms with Gasteiger partial charge in [0.2, 0.25) is 0 Å². The van der Waals surface area contributed by atoms with Crippen LogP contribution in [0.1, 0.15) is 10.4 Å². The van der Waals surface area contributed by atoms with Gasteiger partial charge in [0, 0.05) is 14.6 Å². The van der Waals surface area contributed by atoms with Gasteiger partial charge in [0.15, 0.2) is 0 Å². The molecule has 3 amide bonds. The number of benzene rings is 2. The van der Waals surface area contributed by atoms with Crippen LogP contribution in [0.2, 0.25) is 0 Å². The summed E-state index contributed by atoms with van der Waals surface area (Å²) in [7, 11) is 0. The lowest BCUT2D eigenvalue weighted by molar-refractivity contribution is 0.100. The number of amides is 3. The van der Waals surface area contributed by atoms with E-state index in [0.29, 0.717) is 5.69 Å². The molecule has 0 aliphatic rings. The lowest BCUT2D eigenvalue weighted by atomic mass is 10.1. The molecule has 114 valence electrons. The minimum Gasteiger partial charge on any atom is -0.366 e. The summed E-state index contributed by atoms with van der Waals surface area (Å²) < 4.78 is 14.8. The Morgan fingerprint density at radius 1 is 1.00 bits per heavy atom. The third-order valence-corrected chi connectivity index (χ3v) is 3.53. The molecule has 0 bridgehead atoms. The molecule has 0 heterocycles. The van der Waals surface area contributed by atoms with Crippen molar-refractivity contribution >= 4 is 55.2 Å². The number of carbonyl (C=O) groups excluding carboxylic acids is 2. The molecule has 0 radical (unpaired) electrons. The first-order chi connectivity index (χ1) is 10.3.